The average molecular weight is 498 g/mol. The summed E-state index contributed by atoms with van der Waals surface area (Å²) in [6, 6.07) is 16.9. The third-order valence-corrected chi connectivity index (χ3v) is 5.62. The first-order valence-corrected chi connectivity index (χ1v) is 11.5. The normalized spacial score (nSPS) is 18.7. The van der Waals surface area contributed by atoms with Gasteiger partial charge in [0.1, 0.15) is 24.1 Å². The molecule has 1 saturated heterocycles. The molecule has 0 spiro atoms. The number of hydrogen-bond donors (Lipinski definition) is 1. The maximum atomic E-state index is 15.3. The molecule has 1 aliphatic rings. The summed E-state index contributed by atoms with van der Waals surface area (Å²) in [6.45, 7) is -1.08. The van der Waals surface area contributed by atoms with E-state index in [1.54, 1.807) is 24.3 Å². The molecule has 2 aromatic carbocycles. The molecule has 2 aromatic rings. The highest BCUT2D eigenvalue weighted by Gasteiger charge is 2.49. The van der Waals surface area contributed by atoms with Crippen molar-refractivity contribution in [3.63, 3.8) is 0 Å². The van der Waals surface area contributed by atoms with Gasteiger partial charge in [-0.3, -0.25) is 9.59 Å². The molecule has 3 rings (SSSR count). The molecular weight excluding hydrogens is 469 g/mol. The molecule has 0 bridgehead atoms. The minimum absolute atomic E-state index is 0.0321. The van der Waals surface area contributed by atoms with Crippen LogP contribution >= 0.6 is 0 Å². The van der Waals surface area contributed by atoms with Gasteiger partial charge >= 0.3 is 5.97 Å². The molecule has 36 heavy (non-hydrogen) atoms. The van der Waals surface area contributed by atoms with Crippen molar-refractivity contribution in [3.05, 3.63) is 76.7 Å². The smallest absolute Gasteiger partial charge is 0.329 e. The van der Waals surface area contributed by atoms with Crippen LogP contribution in [0.1, 0.15) is 24.8 Å². The molecule has 190 valence electrons. The van der Waals surface area contributed by atoms with Crippen LogP contribution in [0, 0.1) is 0 Å². The Balaban J connectivity index is 1.51. The number of rotatable bonds is 12. The Hall–Kier alpha value is -4.11. The fourth-order valence-electron chi connectivity index (χ4n) is 3.81. The van der Waals surface area contributed by atoms with Gasteiger partial charge in [-0.15, -0.1) is 0 Å². The molecule has 1 N–H and O–H groups in total. The molecular formula is C25H28FN5O5. The van der Waals surface area contributed by atoms with Crippen LogP contribution in [0.4, 0.5) is 4.39 Å². The van der Waals surface area contributed by atoms with E-state index in [4.69, 9.17) is 15.0 Å². The van der Waals surface area contributed by atoms with Crippen LogP contribution in [-0.2, 0) is 25.7 Å². The van der Waals surface area contributed by atoms with Gasteiger partial charge in [-0.1, -0.05) is 53.6 Å². The SMILES string of the molecule is [N-]=[N+]=NC[C@@]1(F)C[C@@H](C(=O)OCc2ccccc2)N(C(=O)CNC(=O)CCCOc2ccccc2)C1. The lowest BCUT2D eigenvalue weighted by Crippen LogP contribution is -2.46. The summed E-state index contributed by atoms with van der Waals surface area (Å²) in [7, 11) is 0. The fourth-order valence-corrected chi connectivity index (χ4v) is 3.81. The summed E-state index contributed by atoms with van der Waals surface area (Å²) in [4.78, 5) is 41.3. The maximum Gasteiger partial charge on any atom is 0.329 e. The first-order valence-electron chi connectivity index (χ1n) is 11.5. The Morgan fingerprint density at radius 2 is 1.83 bits per heavy atom. The summed E-state index contributed by atoms with van der Waals surface area (Å²) in [5, 5.41) is 5.78. The van der Waals surface area contributed by atoms with E-state index in [1.807, 2.05) is 36.4 Å². The van der Waals surface area contributed by atoms with E-state index < -0.39 is 43.2 Å². The van der Waals surface area contributed by atoms with E-state index in [1.165, 1.54) is 0 Å². The third kappa shape index (κ3) is 7.99. The van der Waals surface area contributed by atoms with Crippen molar-refractivity contribution < 1.29 is 28.2 Å². The lowest BCUT2D eigenvalue weighted by Gasteiger charge is -2.23. The van der Waals surface area contributed by atoms with Crippen LogP contribution in [-0.4, -0.2) is 60.6 Å². The van der Waals surface area contributed by atoms with E-state index in [0.29, 0.717) is 18.8 Å². The highest BCUT2D eigenvalue weighted by molar-refractivity contribution is 5.89. The summed E-state index contributed by atoms with van der Waals surface area (Å²) in [5.41, 5.74) is 7.23. The number of carbonyl (C=O) groups is 3. The number of azide groups is 1. The van der Waals surface area contributed by atoms with Crippen molar-refractivity contribution in [2.24, 2.45) is 5.11 Å². The molecule has 0 radical (unpaired) electrons. The predicted octanol–water partition coefficient (Wildman–Crippen LogP) is 3.32. The van der Waals surface area contributed by atoms with Crippen LogP contribution in [0.25, 0.3) is 10.4 Å². The Morgan fingerprint density at radius 3 is 2.53 bits per heavy atom. The Kier molecular flexibility index (Phi) is 9.64. The van der Waals surface area contributed by atoms with Crippen LogP contribution in [0.3, 0.4) is 0 Å². The van der Waals surface area contributed by atoms with Gasteiger partial charge in [0, 0.05) is 17.8 Å². The number of esters is 1. The molecule has 10 nitrogen and oxygen atoms in total. The van der Waals surface area contributed by atoms with Gasteiger partial charge in [0.05, 0.1) is 26.2 Å². The van der Waals surface area contributed by atoms with Crippen molar-refractivity contribution in [2.75, 3.05) is 26.2 Å². The fraction of sp³-hybridized carbons (Fsp3) is 0.400. The van der Waals surface area contributed by atoms with E-state index in [9.17, 15) is 14.4 Å². The number of amides is 2. The lowest BCUT2D eigenvalue weighted by atomic mass is 10.0. The molecule has 2 amide bonds. The Bertz CT molecular complexity index is 1080. The topological polar surface area (TPSA) is 134 Å². The van der Waals surface area contributed by atoms with Crippen LogP contribution in [0.5, 0.6) is 5.75 Å². The number of halogens is 1. The van der Waals surface area contributed by atoms with Crippen molar-refractivity contribution >= 4 is 17.8 Å². The second kappa shape index (κ2) is 13.1. The summed E-state index contributed by atoms with van der Waals surface area (Å²) in [6.07, 6.45) is 0.204. The number of carbonyl (C=O) groups excluding carboxylic acids is 3. The minimum atomic E-state index is -2.07. The maximum absolute atomic E-state index is 15.3. The first kappa shape index (κ1) is 26.5. The second-order valence-corrected chi connectivity index (χ2v) is 8.42. The van der Waals surface area contributed by atoms with E-state index in [0.717, 1.165) is 10.5 Å². The zero-order valence-corrected chi connectivity index (χ0v) is 19.7. The average Bonchev–Trinajstić information content (AvgIpc) is 3.26. The number of para-hydroxylation sites is 1. The number of hydrogen-bond acceptors (Lipinski definition) is 6. The molecule has 0 aliphatic carbocycles. The highest BCUT2D eigenvalue weighted by atomic mass is 19.1. The number of nitrogens with one attached hydrogen (secondary N) is 1. The predicted molar refractivity (Wildman–Crippen MR) is 128 cm³/mol. The van der Waals surface area contributed by atoms with Gasteiger partial charge in [0.2, 0.25) is 11.8 Å². The number of alkyl halides is 1. The van der Waals surface area contributed by atoms with Gasteiger partial charge in [-0.2, -0.15) is 0 Å². The molecule has 1 fully saturated rings. The molecule has 1 heterocycles. The number of benzene rings is 2. The van der Waals surface area contributed by atoms with E-state index in [-0.39, 0.29) is 25.4 Å². The minimum Gasteiger partial charge on any atom is -0.494 e. The number of nitrogens with zero attached hydrogens (tertiary/aromatic N) is 4. The standard InChI is InChI=1S/C25H28FN5O5/c26-25(17-29-30-27)14-21(24(34)36-16-19-8-3-1-4-9-19)31(18-25)23(33)15-28-22(32)12-7-13-35-20-10-5-2-6-11-20/h1-6,8-11,21H,7,12-18H2,(H,28,32)/t21-,25-/m0/s1. The zero-order valence-electron chi connectivity index (χ0n) is 19.7. The summed E-state index contributed by atoms with van der Waals surface area (Å²) in [5.74, 6) is -1.08. The molecule has 2 atom stereocenters. The number of ether oxygens (including phenoxy) is 2. The Morgan fingerprint density at radius 1 is 1.14 bits per heavy atom. The summed E-state index contributed by atoms with van der Waals surface area (Å²) >= 11 is 0. The van der Waals surface area contributed by atoms with Crippen molar-refractivity contribution in [1.82, 2.24) is 10.2 Å². The molecule has 0 aromatic heterocycles. The monoisotopic (exact) mass is 497 g/mol. The molecule has 1 aliphatic heterocycles. The van der Waals surface area contributed by atoms with Crippen molar-refractivity contribution in [2.45, 2.75) is 37.6 Å². The van der Waals surface area contributed by atoms with Gasteiger partial charge < -0.3 is 19.7 Å². The van der Waals surface area contributed by atoms with Crippen LogP contribution in [0.2, 0.25) is 0 Å². The molecule has 0 unspecified atom stereocenters. The van der Waals surface area contributed by atoms with Gasteiger partial charge in [0.15, 0.2) is 0 Å². The Labute approximate surface area is 208 Å². The largest absolute Gasteiger partial charge is 0.494 e. The van der Waals surface area contributed by atoms with Crippen molar-refractivity contribution in [3.8, 4) is 5.75 Å². The lowest BCUT2D eigenvalue weighted by molar-refractivity contribution is -0.154. The van der Waals surface area contributed by atoms with Crippen LogP contribution in [0.15, 0.2) is 65.8 Å². The molecule has 0 saturated carbocycles. The van der Waals surface area contributed by atoms with Crippen molar-refractivity contribution in [1.29, 1.82) is 0 Å². The quantitative estimate of drug-likeness (QED) is 0.158. The van der Waals surface area contributed by atoms with Gasteiger partial charge in [-0.05, 0) is 29.6 Å². The second-order valence-electron chi connectivity index (χ2n) is 8.42. The zero-order chi connectivity index (χ0) is 25.8. The number of likely N-dealkylation sites (tertiary alicyclic amines) is 1. The molecule has 11 heteroatoms. The van der Waals surface area contributed by atoms with Gasteiger partial charge in [0.25, 0.3) is 0 Å². The third-order valence-electron chi connectivity index (χ3n) is 5.62. The van der Waals surface area contributed by atoms with Crippen LogP contribution < -0.4 is 10.1 Å². The highest BCUT2D eigenvalue weighted by Crippen LogP contribution is 2.32. The van der Waals surface area contributed by atoms with E-state index >= 15 is 4.39 Å². The van der Waals surface area contributed by atoms with Gasteiger partial charge in [-0.25, -0.2) is 9.18 Å². The first-order chi connectivity index (χ1) is 17.4. The van der Waals surface area contributed by atoms with E-state index in [2.05, 4.69) is 15.3 Å². The summed E-state index contributed by atoms with van der Waals surface area (Å²) < 4.78 is 26.1.